The molecule has 0 spiro atoms. The molecule has 9 heteroatoms. The number of imide groups is 2. The second kappa shape index (κ2) is 8.07. The number of piperidine rings is 1. The Balaban J connectivity index is 0.00000264. The van der Waals surface area contributed by atoms with E-state index in [1.54, 1.807) is 0 Å². The standard InChI is InChI=1S/C14H20N4O4.ClH/c1-3-6-17-12(20)13(21)18(14(17)22)8-11(19)16-10-7-15-5-4-9(10)2;/h3,9-10,15H,1,4-8H2,2H3,(H,16,19);1H. The van der Waals surface area contributed by atoms with Gasteiger partial charge in [-0.15, -0.1) is 19.0 Å². The maximum absolute atomic E-state index is 12.0. The van der Waals surface area contributed by atoms with Gasteiger partial charge >= 0.3 is 17.8 Å². The summed E-state index contributed by atoms with van der Waals surface area (Å²) in [5.41, 5.74) is 0. The van der Waals surface area contributed by atoms with Gasteiger partial charge in [0.25, 0.3) is 0 Å². The van der Waals surface area contributed by atoms with Gasteiger partial charge in [0.05, 0.1) is 0 Å². The minimum Gasteiger partial charge on any atom is -0.350 e. The molecule has 2 N–H and O–H groups in total. The highest BCUT2D eigenvalue weighted by atomic mass is 35.5. The third kappa shape index (κ3) is 4.08. The van der Waals surface area contributed by atoms with E-state index in [0.717, 1.165) is 17.9 Å². The molecule has 5 amide bonds. The monoisotopic (exact) mass is 344 g/mol. The number of rotatable bonds is 5. The largest absolute Gasteiger partial charge is 0.350 e. The molecule has 2 atom stereocenters. The van der Waals surface area contributed by atoms with Crippen molar-refractivity contribution in [3.63, 3.8) is 0 Å². The SMILES string of the molecule is C=CCN1C(=O)C(=O)N(CC(=O)NC2CNCCC2C)C1=O.Cl. The van der Waals surface area contributed by atoms with Crippen LogP contribution in [0.2, 0.25) is 0 Å². The predicted molar refractivity (Wildman–Crippen MR) is 84.8 cm³/mol. The molecule has 0 aliphatic carbocycles. The van der Waals surface area contributed by atoms with Gasteiger partial charge in [-0.2, -0.15) is 0 Å². The lowest BCUT2D eigenvalue weighted by atomic mass is 9.95. The number of carbonyl (C=O) groups is 4. The topological polar surface area (TPSA) is 98.8 Å². The molecular weight excluding hydrogens is 324 g/mol. The van der Waals surface area contributed by atoms with Crippen LogP contribution < -0.4 is 10.6 Å². The van der Waals surface area contributed by atoms with Crippen LogP contribution in [0.1, 0.15) is 13.3 Å². The van der Waals surface area contributed by atoms with Gasteiger partial charge in [-0.3, -0.25) is 19.3 Å². The van der Waals surface area contributed by atoms with E-state index in [1.807, 2.05) is 6.92 Å². The first-order valence-electron chi connectivity index (χ1n) is 7.24. The fraction of sp³-hybridized carbons (Fsp3) is 0.571. The fourth-order valence-corrected chi connectivity index (χ4v) is 2.56. The van der Waals surface area contributed by atoms with E-state index in [0.29, 0.717) is 17.4 Å². The third-order valence-corrected chi connectivity index (χ3v) is 3.92. The van der Waals surface area contributed by atoms with E-state index in [2.05, 4.69) is 17.2 Å². The Hall–Kier alpha value is -1.93. The Morgan fingerprint density at radius 3 is 2.61 bits per heavy atom. The lowest BCUT2D eigenvalue weighted by Crippen LogP contribution is -2.52. The lowest BCUT2D eigenvalue weighted by molar-refractivity contribution is -0.143. The number of amides is 5. The van der Waals surface area contributed by atoms with Crippen LogP contribution in [-0.4, -0.2) is 65.8 Å². The molecule has 2 heterocycles. The van der Waals surface area contributed by atoms with Crippen LogP contribution in [0.3, 0.4) is 0 Å². The van der Waals surface area contributed by atoms with Crippen LogP contribution in [0.15, 0.2) is 12.7 Å². The molecule has 2 unspecified atom stereocenters. The van der Waals surface area contributed by atoms with Gasteiger partial charge in [-0.25, -0.2) is 9.69 Å². The fourth-order valence-electron chi connectivity index (χ4n) is 2.56. The molecule has 2 saturated heterocycles. The van der Waals surface area contributed by atoms with Crippen LogP contribution in [0.5, 0.6) is 0 Å². The highest BCUT2D eigenvalue weighted by Gasteiger charge is 2.44. The third-order valence-electron chi connectivity index (χ3n) is 3.92. The second-order valence-electron chi connectivity index (χ2n) is 5.52. The van der Waals surface area contributed by atoms with Crippen molar-refractivity contribution in [3.05, 3.63) is 12.7 Å². The summed E-state index contributed by atoms with van der Waals surface area (Å²) >= 11 is 0. The maximum Gasteiger partial charge on any atom is 0.335 e. The second-order valence-corrected chi connectivity index (χ2v) is 5.52. The molecule has 128 valence electrons. The van der Waals surface area contributed by atoms with Crippen molar-refractivity contribution < 1.29 is 19.2 Å². The Kier molecular flexibility index (Phi) is 6.71. The zero-order valence-corrected chi connectivity index (χ0v) is 13.7. The number of halogens is 1. The average Bonchev–Trinajstić information content (AvgIpc) is 2.68. The minimum absolute atomic E-state index is 0. The Morgan fingerprint density at radius 2 is 2.00 bits per heavy atom. The predicted octanol–water partition coefficient (Wildman–Crippen LogP) is -0.501. The maximum atomic E-state index is 12.0. The molecule has 0 aromatic heterocycles. The molecule has 0 bridgehead atoms. The average molecular weight is 345 g/mol. The zero-order valence-electron chi connectivity index (χ0n) is 12.9. The molecular formula is C14H21ClN4O4. The van der Waals surface area contributed by atoms with Gasteiger partial charge in [-0.05, 0) is 18.9 Å². The first-order valence-corrected chi connectivity index (χ1v) is 7.24. The molecule has 0 aromatic rings. The van der Waals surface area contributed by atoms with Crippen molar-refractivity contribution in [1.82, 2.24) is 20.4 Å². The molecule has 8 nitrogen and oxygen atoms in total. The van der Waals surface area contributed by atoms with Gasteiger partial charge in [0.2, 0.25) is 5.91 Å². The van der Waals surface area contributed by atoms with Crippen molar-refractivity contribution in [2.24, 2.45) is 5.92 Å². The van der Waals surface area contributed by atoms with Crippen molar-refractivity contribution in [3.8, 4) is 0 Å². The van der Waals surface area contributed by atoms with Gasteiger partial charge in [0.15, 0.2) is 0 Å². The Morgan fingerprint density at radius 1 is 1.35 bits per heavy atom. The highest BCUT2D eigenvalue weighted by molar-refractivity contribution is 6.45. The van der Waals surface area contributed by atoms with Crippen molar-refractivity contribution in [2.75, 3.05) is 26.2 Å². The number of hydrogen-bond donors (Lipinski definition) is 2. The molecule has 2 rings (SSSR count). The Bertz CT molecular complexity index is 525. The van der Waals surface area contributed by atoms with E-state index >= 15 is 0 Å². The minimum atomic E-state index is -0.975. The van der Waals surface area contributed by atoms with Gasteiger partial charge in [0, 0.05) is 19.1 Å². The van der Waals surface area contributed by atoms with E-state index < -0.39 is 30.3 Å². The molecule has 0 radical (unpaired) electrons. The number of urea groups is 1. The van der Waals surface area contributed by atoms with Gasteiger partial charge in [-0.1, -0.05) is 13.0 Å². The normalized spacial score (nSPS) is 24.5. The molecule has 2 aliphatic heterocycles. The summed E-state index contributed by atoms with van der Waals surface area (Å²) in [5, 5.41) is 5.98. The molecule has 23 heavy (non-hydrogen) atoms. The number of carbonyl (C=O) groups excluding carboxylic acids is 4. The van der Waals surface area contributed by atoms with E-state index in [-0.39, 0.29) is 25.0 Å². The zero-order chi connectivity index (χ0) is 16.3. The van der Waals surface area contributed by atoms with Crippen LogP contribution in [0.25, 0.3) is 0 Å². The van der Waals surface area contributed by atoms with Gasteiger partial charge in [0.1, 0.15) is 6.54 Å². The van der Waals surface area contributed by atoms with E-state index in [4.69, 9.17) is 0 Å². The molecule has 2 aliphatic rings. The van der Waals surface area contributed by atoms with Crippen molar-refractivity contribution >= 4 is 36.2 Å². The summed E-state index contributed by atoms with van der Waals surface area (Å²) < 4.78 is 0. The van der Waals surface area contributed by atoms with Crippen LogP contribution in [-0.2, 0) is 14.4 Å². The Labute approximate surface area is 140 Å². The van der Waals surface area contributed by atoms with E-state index in [1.165, 1.54) is 6.08 Å². The summed E-state index contributed by atoms with van der Waals surface area (Å²) in [5.74, 6) is -2.04. The van der Waals surface area contributed by atoms with Gasteiger partial charge < -0.3 is 10.6 Å². The van der Waals surface area contributed by atoms with E-state index in [9.17, 15) is 19.2 Å². The highest BCUT2D eigenvalue weighted by Crippen LogP contribution is 2.13. The first kappa shape index (κ1) is 19.1. The van der Waals surface area contributed by atoms with Crippen LogP contribution in [0, 0.1) is 5.92 Å². The lowest BCUT2D eigenvalue weighted by Gasteiger charge is -2.30. The molecule has 2 fully saturated rings. The smallest absolute Gasteiger partial charge is 0.335 e. The summed E-state index contributed by atoms with van der Waals surface area (Å²) in [6, 6.07) is -0.825. The number of nitrogens with one attached hydrogen (secondary N) is 2. The van der Waals surface area contributed by atoms with Crippen molar-refractivity contribution in [2.45, 2.75) is 19.4 Å². The number of nitrogens with zero attached hydrogens (tertiary/aromatic N) is 2. The summed E-state index contributed by atoms with van der Waals surface area (Å²) in [6.07, 6.45) is 2.29. The van der Waals surface area contributed by atoms with Crippen molar-refractivity contribution in [1.29, 1.82) is 0 Å². The van der Waals surface area contributed by atoms with Crippen LogP contribution >= 0.6 is 12.4 Å². The summed E-state index contributed by atoms with van der Waals surface area (Å²) in [7, 11) is 0. The summed E-state index contributed by atoms with van der Waals surface area (Å²) in [6.45, 7) is 6.52. The number of hydrogen-bond acceptors (Lipinski definition) is 5. The quantitative estimate of drug-likeness (QED) is 0.398. The molecule has 0 saturated carbocycles. The first-order chi connectivity index (χ1) is 10.5. The van der Waals surface area contributed by atoms with Crippen LogP contribution in [0.4, 0.5) is 4.79 Å². The molecule has 0 aromatic carbocycles. The summed E-state index contributed by atoms with van der Waals surface area (Å²) in [4.78, 5) is 48.9.